The van der Waals surface area contributed by atoms with Gasteiger partial charge in [-0.2, -0.15) is 0 Å². The van der Waals surface area contributed by atoms with Crippen LogP contribution in [0.25, 0.3) is 28.1 Å². The number of hydrogen-bond acceptors (Lipinski definition) is 6. The fourth-order valence-electron chi connectivity index (χ4n) is 3.02. The van der Waals surface area contributed by atoms with E-state index in [1.165, 1.54) is 19.3 Å². The smallest absolute Gasteiger partial charge is 0.330 e. The van der Waals surface area contributed by atoms with Crippen LogP contribution in [0.5, 0.6) is 0 Å². The second-order valence-electron chi connectivity index (χ2n) is 6.55. The highest BCUT2D eigenvalue weighted by Crippen LogP contribution is 2.32. The molecular formula is C25H24N4O2. The number of ether oxygens (including phenoxy) is 1. The number of hydrogen-bond donors (Lipinski definition) is 1. The Morgan fingerprint density at radius 3 is 2.68 bits per heavy atom. The molecule has 0 saturated heterocycles. The first-order valence-electron chi connectivity index (χ1n) is 9.81. The van der Waals surface area contributed by atoms with Crippen molar-refractivity contribution in [2.75, 3.05) is 19.0 Å². The van der Waals surface area contributed by atoms with Gasteiger partial charge in [0.15, 0.2) is 5.82 Å². The maximum atomic E-state index is 11.5. The fourth-order valence-corrected chi connectivity index (χ4v) is 3.02. The summed E-state index contributed by atoms with van der Waals surface area (Å²) in [6.07, 6.45) is 8.56. The predicted molar refractivity (Wildman–Crippen MR) is 127 cm³/mol. The molecule has 3 rings (SSSR count). The second kappa shape index (κ2) is 10.6. The molecule has 156 valence electrons. The van der Waals surface area contributed by atoms with Gasteiger partial charge in [-0.15, -0.1) is 0 Å². The number of methoxy groups -OCH3 is 1. The summed E-state index contributed by atoms with van der Waals surface area (Å²) in [5, 5.41) is 4.25. The summed E-state index contributed by atoms with van der Waals surface area (Å²) in [5.41, 5.74) is 3.60. The number of benzene rings is 2. The molecule has 1 heterocycles. The Hall–Kier alpha value is -4.06. The Bertz CT molecular complexity index is 1160. The summed E-state index contributed by atoms with van der Waals surface area (Å²) in [6, 6.07) is 16.0. The van der Waals surface area contributed by atoms with Gasteiger partial charge in [-0.05, 0) is 43.0 Å². The molecule has 3 aromatic rings. The summed E-state index contributed by atoms with van der Waals surface area (Å²) >= 11 is 0. The zero-order chi connectivity index (χ0) is 22.1. The van der Waals surface area contributed by atoms with Crippen LogP contribution in [-0.2, 0) is 9.53 Å². The monoisotopic (exact) mass is 412 g/mol. The highest BCUT2D eigenvalue weighted by atomic mass is 16.5. The lowest BCUT2D eigenvalue weighted by Gasteiger charge is -2.13. The quantitative estimate of drug-likeness (QED) is 0.242. The minimum absolute atomic E-state index is 0.399. The Balaban J connectivity index is 2.13. The third-order valence-corrected chi connectivity index (χ3v) is 4.52. The molecule has 0 unspecified atom stereocenters. The molecule has 0 radical (unpaired) electrons. The lowest BCUT2D eigenvalue weighted by molar-refractivity contribution is -0.134. The van der Waals surface area contributed by atoms with Crippen LogP contribution < -0.4 is 5.32 Å². The van der Waals surface area contributed by atoms with E-state index in [4.69, 9.17) is 0 Å². The van der Waals surface area contributed by atoms with E-state index >= 15 is 0 Å². The van der Waals surface area contributed by atoms with Gasteiger partial charge in [-0.3, -0.25) is 4.99 Å². The van der Waals surface area contributed by atoms with Crippen LogP contribution in [0.1, 0.15) is 12.7 Å². The molecule has 0 aliphatic heterocycles. The molecule has 0 aliphatic rings. The van der Waals surface area contributed by atoms with Crippen molar-refractivity contribution in [3.8, 4) is 11.1 Å². The minimum atomic E-state index is -0.469. The number of nitrogens with zero attached hydrogens (tertiary/aromatic N) is 3. The number of nitrogens with one attached hydrogen (secondary N) is 1. The number of carbonyl (C=O) groups is 1. The number of allylic oxidation sites excluding steroid dienone is 3. The van der Waals surface area contributed by atoms with E-state index in [0.29, 0.717) is 18.2 Å². The van der Waals surface area contributed by atoms with Crippen LogP contribution in [0.15, 0.2) is 83.5 Å². The first kappa shape index (κ1) is 21.6. The average Bonchev–Trinajstić information content (AvgIpc) is 2.82. The number of carbonyl (C=O) groups excluding carboxylic acids is 1. The van der Waals surface area contributed by atoms with Gasteiger partial charge in [0.2, 0.25) is 0 Å². The molecule has 6 heteroatoms. The molecule has 0 fully saturated rings. The Kier molecular flexibility index (Phi) is 7.43. The number of aromatic nitrogens is 2. The van der Waals surface area contributed by atoms with E-state index < -0.39 is 5.97 Å². The molecule has 6 nitrogen and oxygen atoms in total. The summed E-state index contributed by atoms with van der Waals surface area (Å²) in [6.45, 7) is 6.01. The second-order valence-corrected chi connectivity index (χ2v) is 6.55. The Morgan fingerprint density at radius 1 is 1.16 bits per heavy atom. The van der Waals surface area contributed by atoms with Crippen molar-refractivity contribution in [2.45, 2.75) is 6.92 Å². The molecule has 1 N–H and O–H groups in total. The third kappa shape index (κ3) is 5.51. The third-order valence-electron chi connectivity index (χ3n) is 4.52. The van der Waals surface area contributed by atoms with Crippen LogP contribution in [0.2, 0.25) is 0 Å². The van der Waals surface area contributed by atoms with Crippen molar-refractivity contribution in [1.29, 1.82) is 0 Å². The Labute approximate surface area is 181 Å². The van der Waals surface area contributed by atoms with Gasteiger partial charge >= 0.3 is 5.97 Å². The molecular weight excluding hydrogens is 388 g/mol. The van der Waals surface area contributed by atoms with Crippen LogP contribution in [0.4, 0.5) is 5.82 Å². The molecule has 0 atom stereocenters. The van der Waals surface area contributed by atoms with Gasteiger partial charge in [0, 0.05) is 6.08 Å². The molecule has 2 aromatic carbocycles. The van der Waals surface area contributed by atoms with Crippen molar-refractivity contribution in [2.24, 2.45) is 4.99 Å². The SMILES string of the molecule is C=N/C(=C\C=C/C)CNc1nc(/C=C/C(=O)OC)nc2cccc(-c3ccccc3)c12. The zero-order valence-corrected chi connectivity index (χ0v) is 17.6. The molecule has 0 saturated carbocycles. The van der Waals surface area contributed by atoms with Gasteiger partial charge in [0.05, 0.1) is 30.3 Å². The van der Waals surface area contributed by atoms with E-state index in [0.717, 1.165) is 27.7 Å². The summed E-state index contributed by atoms with van der Waals surface area (Å²) in [5.74, 6) is 0.573. The standard InChI is InChI=1S/C25H24N4O2/c1-4-5-12-19(26-2)17-27-25-24-20(18-10-7-6-8-11-18)13-9-14-21(24)28-22(29-25)15-16-23(30)31-3/h4-16H,2,17H2,1,3H3,(H,27,28,29)/b5-4-,16-15+,19-12-. The lowest BCUT2D eigenvalue weighted by atomic mass is 10.0. The van der Waals surface area contributed by atoms with Crippen molar-refractivity contribution in [3.05, 3.63) is 84.4 Å². The van der Waals surface area contributed by atoms with E-state index in [1.54, 1.807) is 0 Å². The zero-order valence-electron chi connectivity index (χ0n) is 17.6. The minimum Gasteiger partial charge on any atom is -0.466 e. The average molecular weight is 412 g/mol. The highest BCUT2D eigenvalue weighted by Gasteiger charge is 2.13. The lowest BCUT2D eigenvalue weighted by Crippen LogP contribution is -2.08. The van der Waals surface area contributed by atoms with E-state index in [9.17, 15) is 4.79 Å². The van der Waals surface area contributed by atoms with Crippen LogP contribution in [0.3, 0.4) is 0 Å². The topological polar surface area (TPSA) is 76.5 Å². The molecule has 0 aliphatic carbocycles. The molecule has 31 heavy (non-hydrogen) atoms. The van der Waals surface area contributed by atoms with Crippen molar-refractivity contribution >= 4 is 35.5 Å². The summed E-state index contributed by atoms with van der Waals surface area (Å²) < 4.78 is 4.67. The van der Waals surface area contributed by atoms with Gasteiger partial charge < -0.3 is 10.1 Å². The highest BCUT2D eigenvalue weighted by molar-refractivity contribution is 6.02. The molecule has 0 amide bonds. The molecule has 1 aromatic heterocycles. The normalized spacial score (nSPS) is 11.9. The number of esters is 1. The summed E-state index contributed by atoms with van der Waals surface area (Å²) in [7, 11) is 1.33. The van der Waals surface area contributed by atoms with E-state index in [-0.39, 0.29) is 0 Å². The number of rotatable bonds is 8. The summed E-state index contributed by atoms with van der Waals surface area (Å²) in [4.78, 5) is 24.9. The van der Waals surface area contributed by atoms with Gasteiger partial charge in [-0.1, -0.05) is 54.6 Å². The predicted octanol–water partition coefficient (Wildman–Crippen LogP) is 5.06. The van der Waals surface area contributed by atoms with Crippen molar-refractivity contribution in [1.82, 2.24) is 9.97 Å². The van der Waals surface area contributed by atoms with Gasteiger partial charge in [0.25, 0.3) is 0 Å². The Morgan fingerprint density at radius 2 is 1.97 bits per heavy atom. The number of anilines is 1. The molecule has 0 bridgehead atoms. The first-order valence-corrected chi connectivity index (χ1v) is 9.81. The largest absolute Gasteiger partial charge is 0.466 e. The molecule has 0 spiro atoms. The van der Waals surface area contributed by atoms with E-state index in [1.807, 2.05) is 73.7 Å². The van der Waals surface area contributed by atoms with Crippen LogP contribution in [-0.4, -0.2) is 36.3 Å². The van der Waals surface area contributed by atoms with E-state index in [2.05, 4.69) is 31.7 Å². The van der Waals surface area contributed by atoms with Crippen molar-refractivity contribution < 1.29 is 9.53 Å². The number of fused-ring (bicyclic) bond motifs is 1. The number of aliphatic imine (C=N–C) groups is 1. The van der Waals surface area contributed by atoms with Crippen LogP contribution >= 0.6 is 0 Å². The fraction of sp³-hybridized carbons (Fsp3) is 0.120. The van der Waals surface area contributed by atoms with Crippen molar-refractivity contribution in [3.63, 3.8) is 0 Å². The maximum absolute atomic E-state index is 11.5. The van der Waals surface area contributed by atoms with Gasteiger partial charge in [0.1, 0.15) is 5.82 Å². The van der Waals surface area contributed by atoms with Crippen LogP contribution in [0, 0.1) is 0 Å². The maximum Gasteiger partial charge on any atom is 0.330 e. The van der Waals surface area contributed by atoms with Gasteiger partial charge in [-0.25, -0.2) is 14.8 Å². The first-order chi connectivity index (χ1) is 15.2.